The zero-order chi connectivity index (χ0) is 14.6. The lowest BCUT2D eigenvalue weighted by Gasteiger charge is -2.07. The summed E-state index contributed by atoms with van der Waals surface area (Å²) in [5.74, 6) is -0.0788. The van der Waals surface area contributed by atoms with E-state index in [0.717, 1.165) is 13.0 Å². The van der Waals surface area contributed by atoms with Crippen molar-refractivity contribution in [1.82, 2.24) is 0 Å². The van der Waals surface area contributed by atoms with E-state index < -0.39 is 0 Å². The van der Waals surface area contributed by atoms with Crippen molar-refractivity contribution in [2.75, 3.05) is 18.5 Å². The van der Waals surface area contributed by atoms with Crippen molar-refractivity contribution >= 4 is 11.6 Å². The van der Waals surface area contributed by atoms with Crippen molar-refractivity contribution in [1.29, 1.82) is 5.26 Å². The zero-order valence-corrected chi connectivity index (χ0v) is 12.0. The molecule has 20 heavy (non-hydrogen) atoms. The van der Waals surface area contributed by atoms with Crippen LogP contribution >= 0.6 is 0 Å². The predicted octanol–water partition coefficient (Wildman–Crippen LogP) is 3.48. The van der Waals surface area contributed by atoms with E-state index in [4.69, 9.17) is 10.00 Å². The van der Waals surface area contributed by atoms with Gasteiger partial charge in [-0.1, -0.05) is 31.9 Å². The van der Waals surface area contributed by atoms with Crippen LogP contribution in [0.4, 0.5) is 5.69 Å². The van der Waals surface area contributed by atoms with Crippen LogP contribution in [-0.2, 0) is 9.53 Å². The molecule has 0 aliphatic carbocycles. The first-order chi connectivity index (χ1) is 9.77. The quantitative estimate of drug-likeness (QED) is 0.701. The molecule has 0 bridgehead atoms. The normalized spacial score (nSPS) is 10.0. The lowest BCUT2D eigenvalue weighted by atomic mass is 10.2. The van der Waals surface area contributed by atoms with Gasteiger partial charge in [0.1, 0.15) is 6.07 Å². The maximum absolute atomic E-state index is 11.7. The molecule has 0 atom stereocenters. The summed E-state index contributed by atoms with van der Waals surface area (Å²) in [5, 5.41) is 11.7. The first-order valence-corrected chi connectivity index (χ1v) is 7.14. The minimum atomic E-state index is -0.0788. The Balaban J connectivity index is 2.19. The molecule has 0 unspecified atom stereocenters. The standard InChI is InChI=1S/C16H22N2O2/c1-2-3-6-11-20-12-7-10-16(19)18-15-9-5-4-8-14(15)13-17/h4-5,8-9H,2-3,6-7,10-12H2,1H3,(H,18,19). The molecule has 1 N–H and O–H groups in total. The van der Waals surface area contributed by atoms with Crippen molar-refractivity contribution in [3.8, 4) is 6.07 Å². The van der Waals surface area contributed by atoms with Crippen LogP contribution in [0.3, 0.4) is 0 Å². The Morgan fingerprint density at radius 3 is 2.75 bits per heavy atom. The monoisotopic (exact) mass is 274 g/mol. The molecular formula is C16H22N2O2. The number of anilines is 1. The third-order valence-electron chi connectivity index (χ3n) is 2.91. The van der Waals surface area contributed by atoms with Crippen LogP contribution in [0.5, 0.6) is 0 Å². The number of para-hydroxylation sites is 1. The van der Waals surface area contributed by atoms with Gasteiger partial charge in [0, 0.05) is 19.6 Å². The number of amides is 1. The third kappa shape index (κ3) is 6.35. The molecular weight excluding hydrogens is 252 g/mol. The fourth-order valence-corrected chi connectivity index (χ4v) is 1.79. The van der Waals surface area contributed by atoms with Gasteiger partial charge in [-0.05, 0) is 25.0 Å². The Morgan fingerprint density at radius 2 is 2.00 bits per heavy atom. The van der Waals surface area contributed by atoms with Crippen LogP contribution in [0.25, 0.3) is 0 Å². The first-order valence-electron chi connectivity index (χ1n) is 7.14. The van der Waals surface area contributed by atoms with E-state index in [9.17, 15) is 4.79 Å². The number of nitriles is 1. The second kappa shape index (κ2) is 9.99. The van der Waals surface area contributed by atoms with Crippen LogP contribution in [-0.4, -0.2) is 19.1 Å². The Hall–Kier alpha value is -1.86. The summed E-state index contributed by atoms with van der Waals surface area (Å²) in [4.78, 5) is 11.7. The summed E-state index contributed by atoms with van der Waals surface area (Å²) in [6, 6.07) is 9.05. The van der Waals surface area contributed by atoms with Gasteiger partial charge in [0.15, 0.2) is 0 Å². The van der Waals surface area contributed by atoms with Gasteiger partial charge in [0.25, 0.3) is 0 Å². The predicted molar refractivity (Wildman–Crippen MR) is 79.4 cm³/mol. The Bertz CT molecular complexity index is 452. The van der Waals surface area contributed by atoms with Gasteiger partial charge in [0.2, 0.25) is 5.91 Å². The number of carbonyl (C=O) groups is 1. The summed E-state index contributed by atoms with van der Waals surface area (Å²) in [7, 11) is 0. The molecule has 1 aromatic carbocycles. The van der Waals surface area contributed by atoms with E-state index in [1.165, 1.54) is 12.8 Å². The van der Waals surface area contributed by atoms with Gasteiger partial charge in [-0.3, -0.25) is 4.79 Å². The van der Waals surface area contributed by atoms with Crippen LogP contribution in [0.1, 0.15) is 44.6 Å². The lowest BCUT2D eigenvalue weighted by Crippen LogP contribution is -2.13. The van der Waals surface area contributed by atoms with Crippen molar-refractivity contribution in [3.63, 3.8) is 0 Å². The summed E-state index contributed by atoms with van der Waals surface area (Å²) in [6.45, 7) is 3.53. The molecule has 4 heteroatoms. The van der Waals surface area contributed by atoms with Gasteiger partial charge in [-0.15, -0.1) is 0 Å². The molecule has 108 valence electrons. The molecule has 1 amide bonds. The van der Waals surface area contributed by atoms with Crippen LogP contribution < -0.4 is 5.32 Å². The number of carbonyl (C=O) groups excluding carboxylic acids is 1. The van der Waals surface area contributed by atoms with E-state index in [0.29, 0.717) is 30.7 Å². The topological polar surface area (TPSA) is 62.1 Å². The summed E-state index contributed by atoms with van der Waals surface area (Å²) in [5.41, 5.74) is 1.06. The summed E-state index contributed by atoms with van der Waals surface area (Å²) in [6.07, 6.45) is 4.56. The number of nitrogens with zero attached hydrogens (tertiary/aromatic N) is 1. The molecule has 0 aliphatic heterocycles. The SMILES string of the molecule is CCCCCOCCCC(=O)Nc1ccccc1C#N. The Labute approximate surface area is 120 Å². The van der Waals surface area contributed by atoms with Gasteiger partial charge < -0.3 is 10.1 Å². The molecule has 0 heterocycles. The van der Waals surface area contributed by atoms with Crippen molar-refractivity contribution in [3.05, 3.63) is 29.8 Å². The maximum Gasteiger partial charge on any atom is 0.224 e. The average molecular weight is 274 g/mol. The van der Waals surface area contributed by atoms with E-state index in [1.54, 1.807) is 24.3 Å². The number of hydrogen-bond acceptors (Lipinski definition) is 3. The van der Waals surface area contributed by atoms with E-state index >= 15 is 0 Å². The van der Waals surface area contributed by atoms with Crippen LogP contribution in [0.15, 0.2) is 24.3 Å². The molecule has 4 nitrogen and oxygen atoms in total. The molecule has 1 aromatic rings. The third-order valence-corrected chi connectivity index (χ3v) is 2.91. The molecule has 0 aromatic heterocycles. The van der Waals surface area contributed by atoms with Gasteiger partial charge in [-0.2, -0.15) is 5.26 Å². The number of nitrogens with one attached hydrogen (secondary N) is 1. The minimum Gasteiger partial charge on any atom is -0.381 e. The fraction of sp³-hybridized carbons (Fsp3) is 0.500. The second-order valence-corrected chi connectivity index (χ2v) is 4.63. The fourth-order valence-electron chi connectivity index (χ4n) is 1.79. The van der Waals surface area contributed by atoms with E-state index in [2.05, 4.69) is 18.3 Å². The molecule has 1 rings (SSSR count). The lowest BCUT2D eigenvalue weighted by molar-refractivity contribution is -0.116. The summed E-state index contributed by atoms with van der Waals surface area (Å²) >= 11 is 0. The van der Waals surface area contributed by atoms with Gasteiger partial charge in [0.05, 0.1) is 11.3 Å². The number of hydrogen-bond donors (Lipinski definition) is 1. The highest BCUT2D eigenvalue weighted by atomic mass is 16.5. The number of benzene rings is 1. The van der Waals surface area contributed by atoms with Crippen molar-refractivity contribution in [2.24, 2.45) is 0 Å². The number of ether oxygens (including phenoxy) is 1. The van der Waals surface area contributed by atoms with Crippen LogP contribution in [0.2, 0.25) is 0 Å². The highest BCUT2D eigenvalue weighted by Gasteiger charge is 2.05. The van der Waals surface area contributed by atoms with Gasteiger partial charge >= 0.3 is 0 Å². The first kappa shape index (κ1) is 16.2. The Kier molecular flexibility index (Phi) is 8.09. The smallest absolute Gasteiger partial charge is 0.224 e. The largest absolute Gasteiger partial charge is 0.381 e. The van der Waals surface area contributed by atoms with Crippen molar-refractivity contribution < 1.29 is 9.53 Å². The van der Waals surface area contributed by atoms with Crippen LogP contribution in [0, 0.1) is 11.3 Å². The molecule has 0 fully saturated rings. The molecule has 0 aliphatic rings. The number of unbranched alkanes of at least 4 members (excludes halogenated alkanes) is 2. The molecule has 0 spiro atoms. The maximum atomic E-state index is 11.7. The van der Waals surface area contributed by atoms with Crippen molar-refractivity contribution in [2.45, 2.75) is 39.0 Å². The second-order valence-electron chi connectivity index (χ2n) is 4.63. The molecule has 0 saturated carbocycles. The van der Waals surface area contributed by atoms with E-state index in [-0.39, 0.29) is 5.91 Å². The highest BCUT2D eigenvalue weighted by Crippen LogP contribution is 2.13. The average Bonchev–Trinajstić information content (AvgIpc) is 2.47. The van der Waals surface area contributed by atoms with Gasteiger partial charge in [-0.25, -0.2) is 0 Å². The minimum absolute atomic E-state index is 0.0788. The zero-order valence-electron chi connectivity index (χ0n) is 12.0. The highest BCUT2D eigenvalue weighted by molar-refractivity contribution is 5.92. The number of rotatable bonds is 9. The molecule has 0 saturated heterocycles. The Morgan fingerprint density at radius 1 is 1.25 bits per heavy atom. The molecule has 0 radical (unpaired) electrons. The van der Waals surface area contributed by atoms with E-state index in [1.807, 2.05) is 0 Å². The summed E-state index contributed by atoms with van der Waals surface area (Å²) < 4.78 is 5.45.